The number of hydrogen-bond acceptors (Lipinski definition) is 8. The van der Waals surface area contributed by atoms with Crippen LogP contribution in [0.5, 0.6) is 5.75 Å². The molecule has 2 aromatic heterocycles. The molecule has 0 unspecified atom stereocenters. The summed E-state index contributed by atoms with van der Waals surface area (Å²) in [5.74, 6) is 2.90. The fourth-order valence-corrected chi connectivity index (χ4v) is 5.48. The number of anilines is 2. The number of nitrogens with zero attached hydrogens (tertiary/aromatic N) is 3. The molecule has 3 aromatic carbocycles. The molecule has 1 aliphatic heterocycles. The maximum Gasteiger partial charge on any atom is 0.336 e. The van der Waals surface area contributed by atoms with E-state index < -0.39 is 0 Å². The molecule has 8 nitrogen and oxygen atoms in total. The van der Waals surface area contributed by atoms with Gasteiger partial charge in [-0.3, -0.25) is 4.57 Å². The van der Waals surface area contributed by atoms with Crippen molar-refractivity contribution < 1.29 is 9.15 Å². The summed E-state index contributed by atoms with van der Waals surface area (Å²) in [6, 6.07) is 23.4. The Morgan fingerprint density at radius 2 is 1.90 bits per heavy atom. The molecule has 5 aromatic rings. The fraction of sp³-hybridized carbons (Fsp3) is 0.167. The number of ether oxygens (including phenoxy) is 1. The molecule has 0 fully saturated rings. The highest BCUT2D eigenvalue weighted by Crippen LogP contribution is 2.35. The van der Waals surface area contributed by atoms with E-state index in [0.29, 0.717) is 29.7 Å². The van der Waals surface area contributed by atoms with Gasteiger partial charge in [0.25, 0.3) is 0 Å². The van der Waals surface area contributed by atoms with Crippen LogP contribution in [0.2, 0.25) is 0 Å². The number of nitrogens with one attached hydrogen (secondary N) is 2. The predicted molar refractivity (Wildman–Crippen MR) is 155 cm³/mol. The van der Waals surface area contributed by atoms with Crippen molar-refractivity contribution in [1.29, 1.82) is 0 Å². The van der Waals surface area contributed by atoms with Crippen LogP contribution in [0.1, 0.15) is 36.7 Å². The third-order valence-corrected chi connectivity index (χ3v) is 7.51. The van der Waals surface area contributed by atoms with E-state index in [1.54, 1.807) is 6.07 Å². The second-order valence-corrected chi connectivity index (χ2v) is 10.5. The van der Waals surface area contributed by atoms with E-state index in [1.165, 1.54) is 17.3 Å². The average Bonchev–Trinajstić information content (AvgIpc) is 3.52. The summed E-state index contributed by atoms with van der Waals surface area (Å²) in [7, 11) is 0. The van der Waals surface area contributed by atoms with Crippen molar-refractivity contribution in [2.45, 2.75) is 37.2 Å². The highest BCUT2D eigenvalue weighted by Gasteiger charge is 2.18. The minimum Gasteiger partial charge on any atom is -0.439 e. The largest absolute Gasteiger partial charge is 0.439 e. The molecule has 0 aliphatic carbocycles. The van der Waals surface area contributed by atoms with Gasteiger partial charge in [-0.15, -0.1) is 10.2 Å². The van der Waals surface area contributed by atoms with Gasteiger partial charge in [0.2, 0.25) is 0 Å². The first kappa shape index (κ1) is 24.8. The molecule has 0 saturated carbocycles. The molecule has 0 bridgehead atoms. The van der Waals surface area contributed by atoms with Gasteiger partial charge in [0.1, 0.15) is 5.58 Å². The van der Waals surface area contributed by atoms with Crippen LogP contribution < -0.4 is 21.0 Å². The zero-order valence-corrected chi connectivity index (χ0v) is 22.4. The average molecular weight is 538 g/mol. The van der Waals surface area contributed by atoms with E-state index >= 15 is 0 Å². The van der Waals surface area contributed by atoms with Gasteiger partial charge in [0.05, 0.1) is 12.2 Å². The molecule has 196 valence electrons. The monoisotopic (exact) mass is 537 g/mol. The van der Waals surface area contributed by atoms with Crippen LogP contribution in [0, 0.1) is 0 Å². The maximum absolute atomic E-state index is 12.3. The van der Waals surface area contributed by atoms with E-state index in [-0.39, 0.29) is 5.63 Å². The Morgan fingerprint density at radius 3 is 2.72 bits per heavy atom. The summed E-state index contributed by atoms with van der Waals surface area (Å²) in [5, 5.41) is 17.2. The molecule has 3 heterocycles. The number of hydrogen-bond donors (Lipinski definition) is 2. The highest BCUT2D eigenvalue weighted by atomic mass is 32.2. The molecule has 0 spiro atoms. The topological polar surface area (TPSA) is 94.2 Å². The van der Waals surface area contributed by atoms with E-state index in [0.717, 1.165) is 44.7 Å². The van der Waals surface area contributed by atoms with Gasteiger partial charge < -0.3 is 19.8 Å². The second-order valence-electron chi connectivity index (χ2n) is 9.57. The van der Waals surface area contributed by atoms with Crippen LogP contribution in [-0.2, 0) is 12.3 Å². The van der Waals surface area contributed by atoms with E-state index in [4.69, 9.17) is 9.15 Å². The quantitative estimate of drug-likeness (QED) is 0.167. The summed E-state index contributed by atoms with van der Waals surface area (Å²) >= 11 is 1.53. The minimum absolute atomic E-state index is 0.359. The van der Waals surface area contributed by atoms with Crippen molar-refractivity contribution in [3.05, 3.63) is 113 Å². The van der Waals surface area contributed by atoms with Crippen LogP contribution in [-0.4, -0.2) is 14.8 Å². The molecule has 2 N–H and O–H groups in total. The lowest BCUT2D eigenvalue weighted by Gasteiger charge is -2.12. The highest BCUT2D eigenvalue weighted by molar-refractivity contribution is 7.98. The number of para-hydroxylation sites is 1. The molecule has 0 radical (unpaired) electrons. The van der Waals surface area contributed by atoms with Crippen molar-refractivity contribution in [2.24, 2.45) is 0 Å². The van der Waals surface area contributed by atoms with Gasteiger partial charge in [-0.2, -0.15) is 0 Å². The van der Waals surface area contributed by atoms with Crippen molar-refractivity contribution in [3.8, 4) is 11.4 Å². The predicted octanol–water partition coefficient (Wildman–Crippen LogP) is 6.68. The summed E-state index contributed by atoms with van der Waals surface area (Å²) in [6.45, 7) is 8.56. The smallest absolute Gasteiger partial charge is 0.336 e. The van der Waals surface area contributed by atoms with Crippen molar-refractivity contribution in [1.82, 2.24) is 14.8 Å². The maximum atomic E-state index is 12.3. The van der Waals surface area contributed by atoms with Gasteiger partial charge in [-0.05, 0) is 60.0 Å². The van der Waals surface area contributed by atoms with Crippen LogP contribution >= 0.6 is 11.8 Å². The standard InChI is InChI=1S/C30H27N5O3S/c1-18(2)20-9-12-26-24(13-20)21(14-29(36)38-26)17-39-30-34-33-28(35(30)23-7-5-4-6-8-23)16-31-22-10-11-25-27(15-22)37-19(3)32-25/h4-15,18,31-32H,3,16-17H2,1-2H3. The molecular weight excluding hydrogens is 510 g/mol. The zero-order chi connectivity index (χ0) is 26.9. The lowest BCUT2D eigenvalue weighted by Crippen LogP contribution is -2.08. The van der Waals surface area contributed by atoms with Crippen LogP contribution in [0.15, 0.2) is 99.6 Å². The number of fused-ring (bicyclic) bond motifs is 2. The van der Waals surface area contributed by atoms with Crippen LogP contribution in [0.4, 0.5) is 11.4 Å². The van der Waals surface area contributed by atoms with E-state index in [2.05, 4.69) is 47.3 Å². The van der Waals surface area contributed by atoms with Crippen LogP contribution in [0.25, 0.3) is 16.7 Å². The number of thioether (sulfide) groups is 1. The van der Waals surface area contributed by atoms with Gasteiger partial charge in [-0.1, -0.05) is 49.9 Å². The first-order valence-corrected chi connectivity index (χ1v) is 13.6. The summed E-state index contributed by atoms with van der Waals surface area (Å²) in [4.78, 5) is 12.3. The Balaban J connectivity index is 1.29. The Bertz CT molecular complexity index is 1740. The van der Waals surface area contributed by atoms with Crippen LogP contribution in [0.3, 0.4) is 0 Å². The summed E-state index contributed by atoms with van der Waals surface area (Å²) in [6.07, 6.45) is 0. The van der Waals surface area contributed by atoms with Crippen molar-refractivity contribution in [3.63, 3.8) is 0 Å². The second kappa shape index (κ2) is 10.3. The lowest BCUT2D eigenvalue weighted by atomic mass is 10.00. The normalized spacial score (nSPS) is 12.4. The Kier molecular flexibility index (Phi) is 6.58. The molecule has 39 heavy (non-hydrogen) atoms. The van der Waals surface area contributed by atoms with Gasteiger partial charge in [0.15, 0.2) is 22.6 Å². The zero-order valence-electron chi connectivity index (χ0n) is 21.6. The molecule has 0 saturated heterocycles. The Hall–Kier alpha value is -4.50. The third kappa shape index (κ3) is 5.13. The summed E-state index contributed by atoms with van der Waals surface area (Å²) in [5.41, 5.74) is 5.07. The molecule has 6 rings (SSSR count). The number of rotatable bonds is 8. The number of benzene rings is 3. The molecule has 1 aliphatic rings. The SMILES string of the molecule is C=C1Nc2ccc(NCc3nnc(SCc4cc(=O)oc5ccc(C(C)C)cc45)n3-c3ccccc3)cc2O1. The molecule has 0 atom stereocenters. The van der Waals surface area contributed by atoms with Gasteiger partial charge in [-0.25, -0.2) is 4.79 Å². The van der Waals surface area contributed by atoms with E-state index in [9.17, 15) is 4.79 Å². The molecule has 0 amide bonds. The lowest BCUT2D eigenvalue weighted by molar-refractivity contribution is 0.460. The Morgan fingerprint density at radius 1 is 1.05 bits per heavy atom. The first-order valence-electron chi connectivity index (χ1n) is 12.7. The van der Waals surface area contributed by atoms with Crippen molar-refractivity contribution >= 4 is 34.1 Å². The third-order valence-electron chi connectivity index (χ3n) is 6.53. The summed E-state index contributed by atoms with van der Waals surface area (Å²) < 4.78 is 13.1. The Labute approximate surface area is 229 Å². The number of aromatic nitrogens is 3. The van der Waals surface area contributed by atoms with Gasteiger partial charge >= 0.3 is 5.63 Å². The molecule has 9 heteroatoms. The van der Waals surface area contributed by atoms with Gasteiger partial charge in [0, 0.05) is 34.6 Å². The van der Waals surface area contributed by atoms with Crippen molar-refractivity contribution in [2.75, 3.05) is 10.6 Å². The molecular formula is C30H27N5O3S. The fourth-order valence-electron chi connectivity index (χ4n) is 4.52. The minimum atomic E-state index is -0.359. The first-order chi connectivity index (χ1) is 18.9. The van der Waals surface area contributed by atoms with E-state index in [1.807, 2.05) is 65.2 Å².